The lowest BCUT2D eigenvalue weighted by Gasteiger charge is -2.27. The van der Waals surface area contributed by atoms with Crippen molar-refractivity contribution in [2.24, 2.45) is 0 Å². The van der Waals surface area contributed by atoms with Gasteiger partial charge in [-0.2, -0.15) is 5.10 Å². The van der Waals surface area contributed by atoms with Crippen LogP contribution in [-0.2, 0) is 9.59 Å². The Labute approximate surface area is 177 Å². The number of para-hydroxylation sites is 1. The van der Waals surface area contributed by atoms with Gasteiger partial charge >= 0.3 is 0 Å². The fraction of sp³-hybridized carbons (Fsp3) is 0.190. The van der Waals surface area contributed by atoms with E-state index in [4.69, 9.17) is 11.6 Å². The number of carbonyl (C=O) groups excluding carboxylic acids is 2. The van der Waals surface area contributed by atoms with Crippen LogP contribution in [0.15, 0.2) is 53.6 Å². The highest BCUT2D eigenvalue weighted by Crippen LogP contribution is 2.39. The van der Waals surface area contributed by atoms with Gasteiger partial charge in [-0.3, -0.25) is 14.5 Å². The highest BCUT2D eigenvalue weighted by molar-refractivity contribution is 8.00. The van der Waals surface area contributed by atoms with Gasteiger partial charge in [0.1, 0.15) is 11.6 Å². The Bertz CT molecular complexity index is 1100. The number of thioether (sulfide) groups is 1. The first-order valence-electron chi connectivity index (χ1n) is 9.09. The fourth-order valence-electron chi connectivity index (χ4n) is 3.26. The van der Waals surface area contributed by atoms with Crippen LogP contribution >= 0.6 is 23.4 Å². The second-order valence-electron chi connectivity index (χ2n) is 6.72. The zero-order valence-corrected chi connectivity index (χ0v) is 17.5. The smallest absolute Gasteiger partial charge is 0.244 e. The molecule has 2 amide bonds. The summed E-state index contributed by atoms with van der Waals surface area (Å²) in [6, 6.07) is 15.1. The molecule has 0 fully saturated rings. The van der Waals surface area contributed by atoms with Crippen molar-refractivity contribution >= 4 is 46.6 Å². The molecule has 0 saturated heterocycles. The number of aryl methyl sites for hydroxylation is 1. The highest BCUT2D eigenvalue weighted by Gasteiger charge is 2.32. The molecule has 1 aliphatic heterocycles. The summed E-state index contributed by atoms with van der Waals surface area (Å²) in [4.78, 5) is 26.9. The molecule has 0 bridgehead atoms. The molecule has 0 atom stereocenters. The molecule has 1 aromatic heterocycles. The summed E-state index contributed by atoms with van der Waals surface area (Å²) >= 11 is 7.57. The molecule has 4 rings (SSSR count). The van der Waals surface area contributed by atoms with E-state index in [2.05, 4.69) is 10.4 Å². The topological polar surface area (TPSA) is 67.2 Å². The van der Waals surface area contributed by atoms with Crippen LogP contribution in [0.3, 0.4) is 0 Å². The molecule has 0 unspecified atom stereocenters. The number of nitrogens with one attached hydrogen (secondary N) is 1. The molecule has 29 heavy (non-hydrogen) atoms. The molecule has 6 nitrogen and oxygen atoms in total. The number of hydrogen-bond donors (Lipinski definition) is 1. The van der Waals surface area contributed by atoms with E-state index in [1.807, 2.05) is 48.9 Å². The highest BCUT2D eigenvalue weighted by atomic mass is 35.5. The van der Waals surface area contributed by atoms with Crippen molar-refractivity contribution in [1.29, 1.82) is 0 Å². The number of aromatic nitrogens is 2. The van der Waals surface area contributed by atoms with E-state index in [0.717, 1.165) is 16.3 Å². The number of benzene rings is 2. The Balaban J connectivity index is 1.63. The number of rotatable bonds is 4. The monoisotopic (exact) mass is 426 g/mol. The van der Waals surface area contributed by atoms with Gasteiger partial charge in [-0.15, -0.1) is 0 Å². The molecule has 0 spiro atoms. The van der Waals surface area contributed by atoms with Crippen LogP contribution in [-0.4, -0.2) is 33.9 Å². The third kappa shape index (κ3) is 3.75. The number of carbonyl (C=O) groups is 2. The first-order valence-corrected chi connectivity index (χ1v) is 10.4. The van der Waals surface area contributed by atoms with E-state index < -0.39 is 0 Å². The van der Waals surface area contributed by atoms with Gasteiger partial charge in [-0.1, -0.05) is 47.6 Å². The standard InChI is InChI=1S/C21H19ClN4O2S/c1-13-16(22)9-6-10-17(13)23-18(27)11-25-19(28)12-29-21-20(25)14(2)24-26(21)15-7-4-3-5-8-15/h3-10H,11-12H2,1-2H3,(H,23,27). The predicted octanol–water partition coefficient (Wildman–Crippen LogP) is 4.22. The largest absolute Gasteiger partial charge is 0.324 e. The predicted molar refractivity (Wildman–Crippen MR) is 116 cm³/mol. The van der Waals surface area contributed by atoms with Crippen LogP contribution in [0.1, 0.15) is 11.3 Å². The molecule has 148 valence electrons. The van der Waals surface area contributed by atoms with Crippen LogP contribution in [0.2, 0.25) is 5.02 Å². The number of amides is 2. The molecular weight excluding hydrogens is 408 g/mol. The van der Waals surface area contributed by atoms with E-state index >= 15 is 0 Å². The van der Waals surface area contributed by atoms with Crippen LogP contribution in [0.5, 0.6) is 0 Å². The minimum absolute atomic E-state index is 0.0837. The maximum atomic E-state index is 12.7. The molecule has 0 radical (unpaired) electrons. The third-order valence-corrected chi connectivity index (χ3v) is 6.18. The summed E-state index contributed by atoms with van der Waals surface area (Å²) in [5.41, 5.74) is 3.73. The van der Waals surface area contributed by atoms with Gasteiger partial charge in [-0.25, -0.2) is 4.68 Å². The average molecular weight is 427 g/mol. The van der Waals surface area contributed by atoms with Crippen molar-refractivity contribution in [3.05, 3.63) is 64.8 Å². The number of halogens is 1. The summed E-state index contributed by atoms with van der Waals surface area (Å²) in [5, 5.41) is 8.91. The van der Waals surface area contributed by atoms with Crippen LogP contribution < -0.4 is 10.2 Å². The molecule has 0 saturated carbocycles. The molecule has 0 aliphatic carbocycles. The normalized spacial score (nSPS) is 13.3. The van der Waals surface area contributed by atoms with Crippen molar-refractivity contribution < 1.29 is 9.59 Å². The van der Waals surface area contributed by atoms with Gasteiger partial charge in [0.05, 0.1) is 22.8 Å². The Hall–Kier alpha value is -2.77. The van der Waals surface area contributed by atoms with Crippen molar-refractivity contribution in [3.63, 3.8) is 0 Å². The van der Waals surface area contributed by atoms with Gasteiger partial charge in [0.15, 0.2) is 0 Å². The minimum Gasteiger partial charge on any atom is -0.324 e. The van der Waals surface area contributed by atoms with Gasteiger partial charge < -0.3 is 5.32 Å². The van der Waals surface area contributed by atoms with Crippen molar-refractivity contribution in [3.8, 4) is 5.69 Å². The second kappa shape index (κ2) is 7.93. The Morgan fingerprint density at radius 2 is 1.93 bits per heavy atom. The third-order valence-electron chi connectivity index (χ3n) is 4.74. The molecule has 2 heterocycles. The summed E-state index contributed by atoms with van der Waals surface area (Å²) in [7, 11) is 0. The lowest BCUT2D eigenvalue weighted by Crippen LogP contribution is -2.41. The van der Waals surface area contributed by atoms with Gasteiger partial charge in [0.2, 0.25) is 11.8 Å². The van der Waals surface area contributed by atoms with E-state index in [1.54, 1.807) is 18.2 Å². The van der Waals surface area contributed by atoms with Crippen molar-refractivity contribution in [1.82, 2.24) is 9.78 Å². The van der Waals surface area contributed by atoms with E-state index in [9.17, 15) is 9.59 Å². The van der Waals surface area contributed by atoms with Crippen molar-refractivity contribution in [2.75, 3.05) is 22.5 Å². The lowest BCUT2D eigenvalue weighted by atomic mass is 10.2. The molecule has 1 aliphatic rings. The summed E-state index contributed by atoms with van der Waals surface area (Å²) in [6.07, 6.45) is 0. The maximum Gasteiger partial charge on any atom is 0.244 e. The zero-order chi connectivity index (χ0) is 20.5. The van der Waals surface area contributed by atoms with E-state index in [1.165, 1.54) is 16.7 Å². The molecule has 2 aromatic carbocycles. The van der Waals surface area contributed by atoms with Crippen LogP contribution in [0.4, 0.5) is 11.4 Å². The quantitative estimate of drug-likeness (QED) is 0.678. The fourth-order valence-corrected chi connectivity index (χ4v) is 4.51. The first-order chi connectivity index (χ1) is 14.0. The van der Waals surface area contributed by atoms with Gasteiger partial charge in [0, 0.05) is 10.7 Å². The Kier molecular flexibility index (Phi) is 5.34. The summed E-state index contributed by atoms with van der Waals surface area (Å²) in [6.45, 7) is 3.61. The molecule has 3 aromatic rings. The molecule has 1 N–H and O–H groups in total. The van der Waals surface area contributed by atoms with Gasteiger partial charge in [-0.05, 0) is 43.7 Å². The number of nitrogens with zero attached hydrogens (tertiary/aromatic N) is 3. The number of anilines is 2. The summed E-state index contributed by atoms with van der Waals surface area (Å²) < 4.78 is 1.83. The molecular formula is C21H19ClN4O2S. The van der Waals surface area contributed by atoms with E-state index in [-0.39, 0.29) is 24.1 Å². The second-order valence-corrected chi connectivity index (χ2v) is 8.09. The number of hydrogen-bond acceptors (Lipinski definition) is 4. The average Bonchev–Trinajstić information content (AvgIpc) is 3.05. The van der Waals surface area contributed by atoms with Gasteiger partial charge in [0.25, 0.3) is 0 Å². The Morgan fingerprint density at radius 1 is 1.17 bits per heavy atom. The van der Waals surface area contributed by atoms with E-state index in [0.29, 0.717) is 22.1 Å². The Morgan fingerprint density at radius 3 is 2.69 bits per heavy atom. The first kappa shape index (κ1) is 19.5. The summed E-state index contributed by atoms with van der Waals surface area (Å²) in [5.74, 6) is -0.140. The van der Waals surface area contributed by atoms with Crippen molar-refractivity contribution in [2.45, 2.75) is 18.9 Å². The maximum absolute atomic E-state index is 12.7. The lowest BCUT2D eigenvalue weighted by molar-refractivity contribution is -0.120. The SMILES string of the molecule is Cc1nn(-c2ccccc2)c2c1N(CC(=O)Nc1cccc(Cl)c1C)C(=O)CS2. The number of fused-ring (bicyclic) bond motifs is 1. The molecule has 8 heteroatoms. The zero-order valence-electron chi connectivity index (χ0n) is 16.0. The van der Waals surface area contributed by atoms with Crippen LogP contribution in [0, 0.1) is 13.8 Å². The minimum atomic E-state index is -0.284. The van der Waals surface area contributed by atoms with Crippen LogP contribution in [0.25, 0.3) is 5.69 Å².